The molecule has 2 radical (unpaired) electrons. The minimum atomic E-state index is 0.483. The Morgan fingerprint density at radius 1 is 1.17 bits per heavy atom. The lowest BCUT2D eigenvalue weighted by molar-refractivity contribution is 0.792. The van der Waals surface area contributed by atoms with E-state index in [1.54, 1.807) is 6.08 Å². The first kappa shape index (κ1) is 11.0. The Balaban J connectivity index is 4.50. The molecule has 0 aromatic heterocycles. The fourth-order valence-corrected chi connectivity index (χ4v) is 0.757. The van der Waals surface area contributed by atoms with Gasteiger partial charge < -0.3 is 0 Å². The second kappa shape index (κ2) is 5.65. The first-order valence-corrected chi connectivity index (χ1v) is 4.04. The molecule has 12 heavy (non-hydrogen) atoms. The Labute approximate surface area is 76.8 Å². The Hall–Kier alpha value is -0.975. The van der Waals surface area contributed by atoms with Gasteiger partial charge in [-0.25, -0.2) is 0 Å². The maximum Gasteiger partial charge on any atom is 0.113 e. The lowest BCUT2D eigenvalue weighted by Crippen LogP contribution is -1.88. The largest absolute Gasteiger partial charge is 0.113 e. The van der Waals surface area contributed by atoms with Crippen LogP contribution in [-0.2, 0) is 0 Å². The van der Waals surface area contributed by atoms with E-state index in [9.17, 15) is 0 Å². The van der Waals surface area contributed by atoms with Crippen molar-refractivity contribution in [2.45, 2.75) is 13.8 Å². The standard InChI is InChI=1S/C11H15B/c1-5-10(9(3)4)7-8-11(12)6-2/h5-9H,1-2H2,3-4H3/b10-7+,11-8+. The van der Waals surface area contributed by atoms with Crippen LogP contribution in [0.3, 0.4) is 0 Å². The lowest BCUT2D eigenvalue weighted by atomic mass is 9.94. The quantitative estimate of drug-likeness (QED) is 0.435. The second-order valence-corrected chi connectivity index (χ2v) is 2.90. The summed E-state index contributed by atoms with van der Waals surface area (Å²) in [5.74, 6) is 0.483. The van der Waals surface area contributed by atoms with Gasteiger partial charge in [-0.1, -0.05) is 56.8 Å². The van der Waals surface area contributed by atoms with Gasteiger partial charge in [-0.15, -0.1) is 0 Å². The molecule has 0 atom stereocenters. The smallest absolute Gasteiger partial charge is 0.0997 e. The summed E-state index contributed by atoms with van der Waals surface area (Å²) in [6.45, 7) is 11.5. The van der Waals surface area contributed by atoms with E-state index in [-0.39, 0.29) is 0 Å². The molecule has 0 aromatic carbocycles. The molecule has 0 fully saturated rings. The van der Waals surface area contributed by atoms with Gasteiger partial charge in [0.25, 0.3) is 0 Å². The highest BCUT2D eigenvalue weighted by Crippen LogP contribution is 2.10. The summed E-state index contributed by atoms with van der Waals surface area (Å²) in [7, 11) is 5.54. The Morgan fingerprint density at radius 2 is 1.75 bits per heavy atom. The average Bonchev–Trinajstić information content (AvgIpc) is 2.04. The highest BCUT2D eigenvalue weighted by atomic mass is 14.0. The van der Waals surface area contributed by atoms with Crippen LogP contribution in [0.5, 0.6) is 0 Å². The van der Waals surface area contributed by atoms with Crippen LogP contribution in [-0.4, -0.2) is 7.85 Å². The normalized spacial score (nSPS) is 13.2. The summed E-state index contributed by atoms with van der Waals surface area (Å²) in [4.78, 5) is 0. The van der Waals surface area contributed by atoms with Crippen LogP contribution in [0.25, 0.3) is 0 Å². The number of rotatable bonds is 4. The maximum absolute atomic E-state index is 5.54. The second-order valence-electron chi connectivity index (χ2n) is 2.90. The number of hydrogen-bond acceptors (Lipinski definition) is 0. The number of hydrogen-bond donors (Lipinski definition) is 0. The fourth-order valence-electron chi connectivity index (χ4n) is 0.757. The van der Waals surface area contributed by atoms with Gasteiger partial charge >= 0.3 is 0 Å². The molecule has 0 nitrogen and oxygen atoms in total. The van der Waals surface area contributed by atoms with Gasteiger partial charge in [0.15, 0.2) is 0 Å². The summed E-state index contributed by atoms with van der Waals surface area (Å²) in [5, 5.41) is 0. The van der Waals surface area contributed by atoms with Gasteiger partial charge in [0.1, 0.15) is 7.85 Å². The fraction of sp³-hybridized carbons (Fsp3) is 0.273. The molecule has 0 unspecified atom stereocenters. The van der Waals surface area contributed by atoms with Gasteiger partial charge in [-0.2, -0.15) is 0 Å². The van der Waals surface area contributed by atoms with Crippen molar-refractivity contribution in [2.75, 3.05) is 0 Å². The highest BCUT2D eigenvalue weighted by molar-refractivity contribution is 6.23. The zero-order valence-electron chi connectivity index (χ0n) is 7.88. The van der Waals surface area contributed by atoms with Crippen LogP contribution < -0.4 is 0 Å². The van der Waals surface area contributed by atoms with E-state index in [0.717, 1.165) is 0 Å². The molecule has 1 heteroatoms. The van der Waals surface area contributed by atoms with E-state index in [0.29, 0.717) is 11.4 Å². The predicted octanol–water partition coefficient (Wildman–Crippen LogP) is 2.99. The van der Waals surface area contributed by atoms with E-state index in [4.69, 9.17) is 7.85 Å². The molecule has 0 aliphatic rings. The number of allylic oxidation sites excluding steroid dienone is 6. The molecule has 62 valence electrons. The first-order valence-electron chi connectivity index (χ1n) is 4.04. The Kier molecular flexibility index (Phi) is 5.19. The van der Waals surface area contributed by atoms with Crippen LogP contribution in [0, 0.1) is 5.92 Å². The van der Waals surface area contributed by atoms with Gasteiger partial charge in [-0.05, 0) is 11.5 Å². The minimum absolute atomic E-state index is 0.483. The van der Waals surface area contributed by atoms with Crippen molar-refractivity contribution in [1.29, 1.82) is 0 Å². The van der Waals surface area contributed by atoms with Gasteiger partial charge in [-0.3, -0.25) is 0 Å². The average molecular weight is 158 g/mol. The molecule has 0 aliphatic heterocycles. The molecule has 0 saturated heterocycles. The predicted molar refractivity (Wildman–Crippen MR) is 57.2 cm³/mol. The summed E-state index contributed by atoms with van der Waals surface area (Å²) in [6, 6.07) is 0. The van der Waals surface area contributed by atoms with Crippen molar-refractivity contribution >= 4 is 7.85 Å². The van der Waals surface area contributed by atoms with E-state index in [1.807, 2.05) is 18.2 Å². The Morgan fingerprint density at radius 3 is 2.08 bits per heavy atom. The molecule has 0 N–H and O–H groups in total. The molecule has 0 spiro atoms. The molecule has 0 heterocycles. The zero-order valence-corrected chi connectivity index (χ0v) is 7.88. The van der Waals surface area contributed by atoms with E-state index >= 15 is 0 Å². The molecular weight excluding hydrogens is 143 g/mol. The van der Waals surface area contributed by atoms with Crippen molar-refractivity contribution < 1.29 is 0 Å². The molecule has 0 aromatic rings. The van der Waals surface area contributed by atoms with Crippen LogP contribution in [0.4, 0.5) is 0 Å². The van der Waals surface area contributed by atoms with Crippen LogP contribution in [0.2, 0.25) is 0 Å². The van der Waals surface area contributed by atoms with E-state index in [2.05, 4.69) is 27.0 Å². The molecule has 0 amide bonds. The zero-order chi connectivity index (χ0) is 9.56. The van der Waals surface area contributed by atoms with Crippen LogP contribution >= 0.6 is 0 Å². The summed E-state index contributed by atoms with van der Waals surface area (Å²) in [6.07, 6.45) is 7.27. The monoisotopic (exact) mass is 158 g/mol. The summed E-state index contributed by atoms with van der Waals surface area (Å²) in [5.41, 5.74) is 1.86. The summed E-state index contributed by atoms with van der Waals surface area (Å²) >= 11 is 0. The van der Waals surface area contributed by atoms with Gasteiger partial charge in [0, 0.05) is 0 Å². The third kappa shape index (κ3) is 4.02. The molecule has 0 saturated carbocycles. The van der Waals surface area contributed by atoms with E-state index < -0.39 is 0 Å². The first-order chi connectivity index (χ1) is 5.61. The third-order valence-electron chi connectivity index (χ3n) is 1.61. The SMILES string of the molecule is [B]/C(C=C)=C/C=C(\C=C)C(C)C. The van der Waals surface area contributed by atoms with E-state index in [1.165, 1.54) is 5.57 Å². The maximum atomic E-state index is 5.54. The van der Waals surface area contributed by atoms with Gasteiger partial charge in [0.2, 0.25) is 0 Å². The minimum Gasteiger partial charge on any atom is -0.0997 e. The lowest BCUT2D eigenvalue weighted by Gasteiger charge is -2.03. The molecule has 0 bridgehead atoms. The topological polar surface area (TPSA) is 0 Å². The van der Waals surface area contributed by atoms with Gasteiger partial charge in [0.05, 0.1) is 0 Å². The Bertz CT molecular complexity index is 219. The highest BCUT2D eigenvalue weighted by Gasteiger charge is 1.95. The van der Waals surface area contributed by atoms with Crippen molar-refractivity contribution in [1.82, 2.24) is 0 Å². The van der Waals surface area contributed by atoms with Crippen molar-refractivity contribution in [3.63, 3.8) is 0 Å². The third-order valence-corrected chi connectivity index (χ3v) is 1.61. The summed E-state index contributed by atoms with van der Waals surface area (Å²) < 4.78 is 0. The molecule has 0 rings (SSSR count). The van der Waals surface area contributed by atoms with Crippen molar-refractivity contribution in [2.24, 2.45) is 5.92 Å². The van der Waals surface area contributed by atoms with Crippen molar-refractivity contribution in [3.05, 3.63) is 48.5 Å². The van der Waals surface area contributed by atoms with Crippen LogP contribution in [0.1, 0.15) is 13.8 Å². The van der Waals surface area contributed by atoms with Crippen molar-refractivity contribution in [3.8, 4) is 0 Å². The molecular formula is C11H15B. The molecule has 0 aliphatic carbocycles. The van der Waals surface area contributed by atoms with Crippen LogP contribution in [0.15, 0.2) is 48.5 Å².